The molecule has 0 saturated carbocycles. The van der Waals surface area contributed by atoms with Crippen LogP contribution in [-0.4, -0.2) is 24.9 Å². The molecule has 0 aliphatic heterocycles. The molecule has 0 bridgehead atoms. The Bertz CT molecular complexity index is 389. The van der Waals surface area contributed by atoms with Crippen LogP contribution in [0.1, 0.15) is 15.2 Å². The minimum Gasteiger partial charge on any atom is -0.465 e. The normalized spacial score (nSPS) is 9.80. The number of thiophene rings is 1. The van der Waals surface area contributed by atoms with Gasteiger partial charge in [-0.2, -0.15) is 0 Å². The molecule has 1 aromatic rings. The van der Waals surface area contributed by atoms with Crippen LogP contribution in [0.4, 0.5) is 5.00 Å². The first kappa shape index (κ1) is 12.0. The van der Waals surface area contributed by atoms with E-state index in [0.29, 0.717) is 10.6 Å². The van der Waals surface area contributed by atoms with Crippen molar-refractivity contribution in [3.63, 3.8) is 0 Å². The summed E-state index contributed by atoms with van der Waals surface area (Å²) >= 11 is 6.66. The van der Waals surface area contributed by atoms with E-state index in [1.807, 2.05) is 6.92 Å². The molecule has 0 aliphatic carbocycles. The summed E-state index contributed by atoms with van der Waals surface area (Å²) in [4.78, 5) is 23.3. The Hall–Kier alpha value is -1.07. The number of anilines is 1. The molecule has 4 nitrogen and oxygen atoms in total. The monoisotopic (exact) mass is 247 g/mol. The van der Waals surface area contributed by atoms with Gasteiger partial charge in [0.25, 0.3) is 0 Å². The lowest BCUT2D eigenvalue weighted by atomic mass is 10.3. The molecule has 0 radical (unpaired) electrons. The Morgan fingerprint density at radius 2 is 2.27 bits per heavy atom. The number of alkyl halides is 1. The molecule has 82 valence electrons. The Balaban J connectivity index is 2.96. The summed E-state index contributed by atoms with van der Waals surface area (Å²) in [7, 11) is 1.29. The minimum absolute atomic E-state index is 0.141. The van der Waals surface area contributed by atoms with Crippen molar-refractivity contribution in [3.8, 4) is 0 Å². The van der Waals surface area contributed by atoms with Gasteiger partial charge >= 0.3 is 5.97 Å². The van der Waals surface area contributed by atoms with E-state index >= 15 is 0 Å². The van der Waals surface area contributed by atoms with Crippen LogP contribution >= 0.6 is 22.9 Å². The molecule has 0 atom stereocenters. The highest BCUT2D eigenvalue weighted by Crippen LogP contribution is 2.28. The fraction of sp³-hybridized carbons (Fsp3) is 0.333. The molecular weight excluding hydrogens is 238 g/mol. The molecular formula is C9H10ClNO3S. The Morgan fingerprint density at radius 1 is 1.60 bits per heavy atom. The van der Waals surface area contributed by atoms with E-state index in [1.165, 1.54) is 18.4 Å². The van der Waals surface area contributed by atoms with Crippen molar-refractivity contribution in [3.05, 3.63) is 16.5 Å². The van der Waals surface area contributed by atoms with Crippen LogP contribution in [0.2, 0.25) is 0 Å². The van der Waals surface area contributed by atoms with E-state index in [2.05, 4.69) is 10.1 Å². The van der Waals surface area contributed by atoms with Gasteiger partial charge in [-0.25, -0.2) is 4.79 Å². The van der Waals surface area contributed by atoms with Gasteiger partial charge < -0.3 is 10.1 Å². The third-order valence-corrected chi connectivity index (χ3v) is 2.84. The molecule has 6 heteroatoms. The Labute approximate surface area is 96.2 Å². The number of methoxy groups -OCH3 is 1. The average molecular weight is 248 g/mol. The topological polar surface area (TPSA) is 55.4 Å². The third kappa shape index (κ3) is 2.94. The van der Waals surface area contributed by atoms with Crippen LogP contribution in [0.25, 0.3) is 0 Å². The van der Waals surface area contributed by atoms with E-state index in [9.17, 15) is 9.59 Å². The maximum Gasteiger partial charge on any atom is 0.340 e. The number of nitrogens with one attached hydrogen (secondary N) is 1. The van der Waals surface area contributed by atoms with Crippen molar-refractivity contribution < 1.29 is 14.3 Å². The molecule has 0 saturated heterocycles. The number of carbonyl (C=O) groups excluding carboxylic acids is 2. The minimum atomic E-state index is -0.468. The molecule has 15 heavy (non-hydrogen) atoms. The number of carbonyl (C=O) groups is 2. The van der Waals surface area contributed by atoms with Gasteiger partial charge in [0.1, 0.15) is 10.9 Å². The van der Waals surface area contributed by atoms with Crippen LogP contribution in [0.5, 0.6) is 0 Å². The lowest BCUT2D eigenvalue weighted by Gasteiger charge is -2.02. The summed E-state index contributed by atoms with van der Waals surface area (Å²) < 4.78 is 4.59. The van der Waals surface area contributed by atoms with Crippen molar-refractivity contribution in [2.45, 2.75) is 6.92 Å². The molecule has 0 unspecified atom stereocenters. The number of hydrogen-bond donors (Lipinski definition) is 1. The first-order chi connectivity index (χ1) is 7.08. The molecule has 0 spiro atoms. The summed E-state index contributed by atoms with van der Waals surface area (Å²) in [5.41, 5.74) is 0.360. The van der Waals surface area contributed by atoms with Gasteiger partial charge in [0.05, 0.1) is 12.7 Å². The predicted molar refractivity (Wildman–Crippen MR) is 59.7 cm³/mol. The van der Waals surface area contributed by atoms with Gasteiger partial charge in [0.2, 0.25) is 5.91 Å². The molecule has 0 aliphatic rings. The second kappa shape index (κ2) is 5.14. The van der Waals surface area contributed by atoms with Crippen LogP contribution in [0, 0.1) is 6.92 Å². The number of halogens is 1. The van der Waals surface area contributed by atoms with Gasteiger partial charge in [-0.15, -0.1) is 22.9 Å². The van der Waals surface area contributed by atoms with Crippen molar-refractivity contribution in [2.75, 3.05) is 18.3 Å². The Morgan fingerprint density at radius 3 is 2.80 bits per heavy atom. The molecule has 1 rings (SSSR count). The van der Waals surface area contributed by atoms with Crippen LogP contribution in [0.3, 0.4) is 0 Å². The van der Waals surface area contributed by atoms with E-state index in [-0.39, 0.29) is 11.8 Å². The lowest BCUT2D eigenvalue weighted by Crippen LogP contribution is -2.14. The number of amides is 1. The van der Waals surface area contributed by atoms with Crippen molar-refractivity contribution in [2.24, 2.45) is 0 Å². The first-order valence-corrected chi connectivity index (χ1v) is 5.48. The molecule has 1 N–H and O–H groups in total. The summed E-state index contributed by atoms with van der Waals surface area (Å²) in [6, 6.07) is 1.67. The molecule has 0 fully saturated rings. The molecule has 1 heterocycles. The number of hydrogen-bond acceptors (Lipinski definition) is 4. The molecule has 1 aromatic heterocycles. The van der Waals surface area contributed by atoms with E-state index < -0.39 is 5.97 Å². The van der Waals surface area contributed by atoms with E-state index in [0.717, 1.165) is 4.88 Å². The standard InChI is InChI=1S/C9H10ClNO3S/c1-5-3-6(9(13)14-2)8(15-5)11-7(12)4-10/h3H,4H2,1-2H3,(H,11,12). The van der Waals surface area contributed by atoms with Crippen molar-refractivity contribution in [1.82, 2.24) is 0 Å². The predicted octanol–water partition coefficient (Wildman–Crippen LogP) is 2.02. The summed E-state index contributed by atoms with van der Waals surface area (Å²) in [5.74, 6) is -0.953. The molecule has 1 amide bonds. The number of rotatable bonds is 3. The first-order valence-electron chi connectivity index (χ1n) is 4.13. The van der Waals surface area contributed by atoms with Gasteiger partial charge in [-0.05, 0) is 13.0 Å². The van der Waals surface area contributed by atoms with E-state index in [1.54, 1.807) is 6.07 Å². The van der Waals surface area contributed by atoms with Crippen LogP contribution < -0.4 is 5.32 Å². The zero-order chi connectivity index (χ0) is 11.4. The highest BCUT2D eigenvalue weighted by molar-refractivity contribution is 7.16. The molecule has 0 aromatic carbocycles. The fourth-order valence-electron chi connectivity index (χ4n) is 1.03. The van der Waals surface area contributed by atoms with Gasteiger partial charge in [-0.1, -0.05) is 0 Å². The number of ether oxygens (including phenoxy) is 1. The SMILES string of the molecule is COC(=O)c1cc(C)sc1NC(=O)CCl. The largest absolute Gasteiger partial charge is 0.465 e. The summed E-state index contributed by atoms with van der Waals surface area (Å²) in [6.07, 6.45) is 0. The van der Waals surface area contributed by atoms with Crippen LogP contribution in [-0.2, 0) is 9.53 Å². The lowest BCUT2D eigenvalue weighted by molar-refractivity contribution is -0.113. The highest BCUT2D eigenvalue weighted by Gasteiger charge is 2.16. The smallest absolute Gasteiger partial charge is 0.340 e. The Kier molecular flexibility index (Phi) is 4.11. The van der Waals surface area contributed by atoms with Gasteiger partial charge in [-0.3, -0.25) is 4.79 Å². The summed E-state index contributed by atoms with van der Waals surface area (Å²) in [6.45, 7) is 1.84. The highest BCUT2D eigenvalue weighted by atomic mass is 35.5. The average Bonchev–Trinajstić information content (AvgIpc) is 2.58. The van der Waals surface area contributed by atoms with Gasteiger partial charge in [0.15, 0.2) is 0 Å². The van der Waals surface area contributed by atoms with Crippen molar-refractivity contribution >= 4 is 39.8 Å². The quantitative estimate of drug-likeness (QED) is 0.657. The number of esters is 1. The van der Waals surface area contributed by atoms with Crippen LogP contribution in [0.15, 0.2) is 6.07 Å². The fourth-order valence-corrected chi connectivity index (χ4v) is 2.01. The maximum atomic E-state index is 11.3. The third-order valence-electron chi connectivity index (χ3n) is 1.63. The second-order valence-electron chi connectivity index (χ2n) is 2.77. The second-order valence-corrected chi connectivity index (χ2v) is 4.30. The zero-order valence-electron chi connectivity index (χ0n) is 8.30. The summed E-state index contributed by atoms with van der Waals surface area (Å²) in [5, 5.41) is 3.02. The van der Waals surface area contributed by atoms with Gasteiger partial charge in [0, 0.05) is 4.88 Å². The maximum absolute atomic E-state index is 11.3. The van der Waals surface area contributed by atoms with Crippen molar-refractivity contribution in [1.29, 1.82) is 0 Å². The zero-order valence-corrected chi connectivity index (χ0v) is 9.87. The number of aryl methyl sites for hydroxylation is 1. The van der Waals surface area contributed by atoms with E-state index in [4.69, 9.17) is 11.6 Å².